The van der Waals surface area contributed by atoms with Crippen LogP contribution in [0.25, 0.3) is 21.9 Å². The Kier molecular flexibility index (Phi) is 1.42. The second kappa shape index (κ2) is 2.61. The van der Waals surface area contributed by atoms with Gasteiger partial charge in [0, 0.05) is 16.3 Å². The molecule has 0 fully saturated rings. The number of fused-ring (bicyclic) bond motifs is 3. The van der Waals surface area contributed by atoms with Crippen molar-refractivity contribution in [2.24, 2.45) is 0 Å². The number of hydrogen-bond donors (Lipinski definition) is 0. The van der Waals surface area contributed by atoms with Crippen molar-refractivity contribution >= 4 is 21.9 Å². The van der Waals surface area contributed by atoms with Gasteiger partial charge in [-0.05, 0) is 25.1 Å². The van der Waals surface area contributed by atoms with E-state index in [2.05, 4.69) is 12.1 Å². The van der Waals surface area contributed by atoms with Crippen molar-refractivity contribution in [2.45, 2.75) is 6.92 Å². The summed E-state index contributed by atoms with van der Waals surface area (Å²) in [5, 5.41) is 2.36. The van der Waals surface area contributed by atoms with Crippen LogP contribution in [0.4, 0.5) is 0 Å². The van der Waals surface area contributed by atoms with Gasteiger partial charge in [-0.3, -0.25) is 0 Å². The molecule has 0 N–H and O–H groups in total. The average molecular weight is 181 g/mol. The van der Waals surface area contributed by atoms with Crippen LogP contribution in [0.15, 0.2) is 40.8 Å². The minimum atomic E-state index is 0.949. The van der Waals surface area contributed by atoms with Crippen molar-refractivity contribution in [1.29, 1.82) is 0 Å². The molecule has 1 aromatic heterocycles. The summed E-state index contributed by atoms with van der Waals surface area (Å²) in [5.74, 6) is 0. The molecule has 0 saturated carbocycles. The maximum atomic E-state index is 5.75. The molecular formula is C13H9O. The van der Waals surface area contributed by atoms with Crippen molar-refractivity contribution in [1.82, 2.24) is 0 Å². The van der Waals surface area contributed by atoms with E-state index in [0.29, 0.717) is 0 Å². The molecule has 0 saturated heterocycles. The summed E-state index contributed by atoms with van der Waals surface area (Å²) in [5.41, 5.74) is 2.97. The highest BCUT2D eigenvalue weighted by Crippen LogP contribution is 2.29. The van der Waals surface area contributed by atoms with E-state index >= 15 is 0 Å². The zero-order valence-electron chi connectivity index (χ0n) is 7.87. The highest BCUT2D eigenvalue weighted by atomic mass is 16.3. The van der Waals surface area contributed by atoms with E-state index in [1.54, 1.807) is 0 Å². The Bertz CT molecular complexity index is 605. The third-order valence-corrected chi connectivity index (χ3v) is 2.52. The van der Waals surface area contributed by atoms with Crippen molar-refractivity contribution in [2.75, 3.05) is 0 Å². The van der Waals surface area contributed by atoms with Crippen LogP contribution >= 0.6 is 0 Å². The third kappa shape index (κ3) is 0.896. The monoisotopic (exact) mass is 181 g/mol. The minimum Gasteiger partial charge on any atom is -0.456 e. The quantitative estimate of drug-likeness (QED) is 0.515. The topological polar surface area (TPSA) is 13.1 Å². The van der Waals surface area contributed by atoms with Crippen LogP contribution in [0.3, 0.4) is 0 Å². The Morgan fingerprint density at radius 1 is 1.07 bits per heavy atom. The Labute approximate surface area is 82.0 Å². The molecule has 1 heteroatoms. The molecule has 3 aromatic rings. The molecule has 1 heterocycles. The molecule has 0 aliphatic heterocycles. The van der Waals surface area contributed by atoms with Crippen molar-refractivity contribution in [3.05, 3.63) is 48.0 Å². The van der Waals surface area contributed by atoms with E-state index in [-0.39, 0.29) is 0 Å². The predicted molar refractivity (Wildman–Crippen MR) is 57.3 cm³/mol. The summed E-state index contributed by atoms with van der Waals surface area (Å²) in [6.07, 6.45) is 0. The van der Waals surface area contributed by atoms with Crippen LogP contribution in [0.2, 0.25) is 0 Å². The van der Waals surface area contributed by atoms with E-state index in [0.717, 1.165) is 16.7 Å². The number of rotatable bonds is 0. The fourth-order valence-corrected chi connectivity index (χ4v) is 1.82. The van der Waals surface area contributed by atoms with Crippen LogP contribution in [0.1, 0.15) is 5.56 Å². The number of para-hydroxylation sites is 1. The predicted octanol–water partition coefficient (Wildman–Crippen LogP) is 3.69. The molecular weight excluding hydrogens is 172 g/mol. The summed E-state index contributed by atoms with van der Waals surface area (Å²) in [4.78, 5) is 0. The van der Waals surface area contributed by atoms with E-state index in [1.807, 2.05) is 37.3 Å². The van der Waals surface area contributed by atoms with Crippen molar-refractivity contribution in [3.8, 4) is 0 Å². The first-order valence-corrected chi connectivity index (χ1v) is 4.65. The minimum absolute atomic E-state index is 0.949. The zero-order chi connectivity index (χ0) is 9.54. The van der Waals surface area contributed by atoms with Crippen LogP contribution in [-0.4, -0.2) is 0 Å². The highest BCUT2D eigenvalue weighted by Gasteiger charge is 2.06. The Morgan fingerprint density at radius 3 is 2.86 bits per heavy atom. The molecule has 14 heavy (non-hydrogen) atoms. The van der Waals surface area contributed by atoms with E-state index in [4.69, 9.17) is 4.42 Å². The van der Waals surface area contributed by atoms with Crippen LogP contribution in [-0.2, 0) is 0 Å². The molecule has 2 aromatic carbocycles. The van der Waals surface area contributed by atoms with Crippen LogP contribution in [0.5, 0.6) is 0 Å². The summed E-state index contributed by atoms with van der Waals surface area (Å²) in [6, 6.07) is 15.2. The molecule has 3 rings (SSSR count). The summed E-state index contributed by atoms with van der Waals surface area (Å²) >= 11 is 0. The van der Waals surface area contributed by atoms with Gasteiger partial charge >= 0.3 is 0 Å². The number of aryl methyl sites for hydroxylation is 1. The lowest BCUT2D eigenvalue weighted by molar-refractivity contribution is 0.665. The van der Waals surface area contributed by atoms with E-state index in [1.165, 1.54) is 10.8 Å². The Balaban J connectivity index is 2.63. The largest absolute Gasteiger partial charge is 0.456 e. The first-order chi connectivity index (χ1) is 6.86. The van der Waals surface area contributed by atoms with Gasteiger partial charge in [-0.15, -0.1) is 0 Å². The molecule has 0 aliphatic rings. The number of furan rings is 1. The van der Waals surface area contributed by atoms with Gasteiger partial charge in [0.15, 0.2) is 0 Å². The lowest BCUT2D eigenvalue weighted by Crippen LogP contribution is -1.71. The first-order valence-electron chi connectivity index (χ1n) is 4.65. The Morgan fingerprint density at radius 2 is 1.93 bits per heavy atom. The van der Waals surface area contributed by atoms with E-state index in [9.17, 15) is 0 Å². The average Bonchev–Trinajstić information content (AvgIpc) is 2.59. The van der Waals surface area contributed by atoms with E-state index < -0.39 is 0 Å². The number of benzene rings is 2. The van der Waals surface area contributed by atoms with Gasteiger partial charge in [-0.1, -0.05) is 24.3 Å². The second-order valence-electron chi connectivity index (χ2n) is 3.44. The molecule has 0 spiro atoms. The first kappa shape index (κ1) is 7.63. The fourth-order valence-electron chi connectivity index (χ4n) is 1.82. The maximum absolute atomic E-state index is 5.75. The Hall–Kier alpha value is -1.76. The molecule has 0 amide bonds. The smallest absolute Gasteiger partial charge is 0.138 e. The van der Waals surface area contributed by atoms with Crippen LogP contribution < -0.4 is 0 Å². The van der Waals surface area contributed by atoms with Gasteiger partial charge in [-0.2, -0.15) is 0 Å². The summed E-state index contributed by atoms with van der Waals surface area (Å²) in [7, 11) is 0. The van der Waals surface area contributed by atoms with Gasteiger partial charge in [0.2, 0.25) is 0 Å². The molecule has 0 aliphatic carbocycles. The zero-order valence-corrected chi connectivity index (χ0v) is 7.87. The molecule has 0 bridgehead atoms. The summed E-state index contributed by atoms with van der Waals surface area (Å²) < 4.78 is 5.75. The molecule has 67 valence electrons. The SMILES string of the molecule is Cc1[c]ccc2c1oc1ccccc12. The molecule has 1 nitrogen and oxygen atoms in total. The van der Waals surface area contributed by atoms with Gasteiger partial charge in [0.1, 0.15) is 11.2 Å². The van der Waals surface area contributed by atoms with Crippen molar-refractivity contribution < 1.29 is 4.42 Å². The lowest BCUT2D eigenvalue weighted by atomic mass is 10.1. The molecule has 0 unspecified atom stereocenters. The number of hydrogen-bond acceptors (Lipinski definition) is 1. The standard InChI is InChI=1S/C13H9O/c1-9-5-4-7-11-10-6-2-3-8-12(10)14-13(9)11/h2-4,6-8H,1H3. The lowest BCUT2D eigenvalue weighted by Gasteiger charge is -1.90. The summed E-state index contributed by atoms with van der Waals surface area (Å²) in [6.45, 7) is 2.02. The fraction of sp³-hybridized carbons (Fsp3) is 0.0769. The van der Waals surface area contributed by atoms with Crippen molar-refractivity contribution in [3.63, 3.8) is 0 Å². The van der Waals surface area contributed by atoms with Gasteiger partial charge in [-0.25, -0.2) is 0 Å². The van der Waals surface area contributed by atoms with Gasteiger partial charge in [0.05, 0.1) is 0 Å². The maximum Gasteiger partial charge on any atom is 0.138 e. The third-order valence-electron chi connectivity index (χ3n) is 2.52. The van der Waals surface area contributed by atoms with Gasteiger partial charge in [0.25, 0.3) is 0 Å². The molecule has 0 atom stereocenters. The normalized spacial score (nSPS) is 11.2. The van der Waals surface area contributed by atoms with Gasteiger partial charge < -0.3 is 4.42 Å². The second-order valence-corrected chi connectivity index (χ2v) is 3.44. The highest BCUT2D eigenvalue weighted by molar-refractivity contribution is 6.05. The molecule has 1 radical (unpaired) electrons. The van der Waals surface area contributed by atoms with Crippen LogP contribution in [0, 0.1) is 13.0 Å².